The highest BCUT2D eigenvalue weighted by atomic mass is 35.5. The van der Waals surface area contributed by atoms with E-state index in [9.17, 15) is 32.7 Å². The third-order valence-corrected chi connectivity index (χ3v) is 9.38. The first-order valence-corrected chi connectivity index (χ1v) is 17.5. The number of amides is 2. The second-order valence-corrected chi connectivity index (χ2v) is 12.6. The van der Waals surface area contributed by atoms with Crippen LogP contribution in [0.4, 0.5) is 30.5 Å². The number of morpholine rings is 1. The first-order chi connectivity index (χ1) is 24.9. The number of carbonyl (C=O) groups is 2. The molecule has 2 fully saturated rings. The van der Waals surface area contributed by atoms with Crippen LogP contribution in [0.25, 0.3) is 5.78 Å². The summed E-state index contributed by atoms with van der Waals surface area (Å²) in [4.78, 5) is 51.2. The van der Waals surface area contributed by atoms with Gasteiger partial charge in [0.15, 0.2) is 11.4 Å². The van der Waals surface area contributed by atoms with Gasteiger partial charge in [0.25, 0.3) is 11.5 Å². The minimum atomic E-state index is -4.43. The van der Waals surface area contributed by atoms with E-state index < -0.39 is 11.7 Å². The number of alkyl halides is 3. The summed E-state index contributed by atoms with van der Waals surface area (Å²) in [6, 6.07) is 4.14. The Hall–Kier alpha value is -4.61. The highest BCUT2D eigenvalue weighted by molar-refractivity contribution is 6.33. The molecule has 0 saturated carbocycles. The predicted molar refractivity (Wildman–Crippen MR) is 190 cm³/mol. The molecule has 1 atom stereocenters. The van der Waals surface area contributed by atoms with E-state index in [1.807, 2.05) is 23.6 Å². The number of benzene rings is 1. The molecule has 1 unspecified atom stereocenters. The number of piperazine rings is 1. The highest BCUT2D eigenvalue weighted by Gasteiger charge is 2.34. The Morgan fingerprint density at radius 1 is 1.02 bits per heavy atom. The van der Waals surface area contributed by atoms with Crippen molar-refractivity contribution in [2.24, 2.45) is 0 Å². The number of nitrogens with one attached hydrogen (secondary N) is 1. The van der Waals surface area contributed by atoms with Gasteiger partial charge >= 0.3 is 6.18 Å². The van der Waals surface area contributed by atoms with Crippen LogP contribution in [-0.2, 0) is 22.3 Å². The summed E-state index contributed by atoms with van der Waals surface area (Å²) in [5.74, 6) is 0.622. The molecule has 2 N–H and O–H groups in total. The average molecular weight is 769 g/mol. The van der Waals surface area contributed by atoms with Gasteiger partial charge in [-0.05, 0) is 30.7 Å². The smallest absolute Gasteiger partial charge is 0.416 e. The maximum absolute atomic E-state index is 13.8. The molecule has 2 saturated heterocycles. The maximum Gasteiger partial charge on any atom is 0.416 e. The third-order valence-electron chi connectivity index (χ3n) is 8.77. The number of hydrogen-bond acceptors (Lipinski definition) is 10. The number of hydrogen-bond donors (Lipinski definition) is 2. The Labute approximate surface area is 306 Å². The number of fused-ring (bicyclic) bond motifs is 3. The molecule has 6 heterocycles. The monoisotopic (exact) mass is 767 g/mol. The Balaban J connectivity index is 0.000000275. The minimum absolute atomic E-state index is 0.0646. The summed E-state index contributed by atoms with van der Waals surface area (Å²) < 4.78 is 45.4. The lowest BCUT2D eigenvalue weighted by Gasteiger charge is -2.36. The number of aromatic hydroxyl groups is 1. The molecular formula is C33H38Cl2F3N9O5. The van der Waals surface area contributed by atoms with Crippen molar-refractivity contribution in [2.75, 3.05) is 67.6 Å². The van der Waals surface area contributed by atoms with Gasteiger partial charge in [-0.1, -0.05) is 44.0 Å². The fraction of sp³-hybridized carbons (Fsp3) is 0.455. The summed E-state index contributed by atoms with van der Waals surface area (Å²) in [7, 11) is 0. The Kier molecular flexibility index (Phi) is 12.2. The van der Waals surface area contributed by atoms with Crippen LogP contribution in [0.15, 0.2) is 35.3 Å². The molecule has 3 aliphatic heterocycles. The van der Waals surface area contributed by atoms with Gasteiger partial charge in [0.1, 0.15) is 5.69 Å². The number of aromatic nitrogens is 5. The van der Waals surface area contributed by atoms with Gasteiger partial charge in [0.2, 0.25) is 18.1 Å². The van der Waals surface area contributed by atoms with Crippen molar-refractivity contribution in [3.05, 3.63) is 67.8 Å². The summed E-state index contributed by atoms with van der Waals surface area (Å²) in [5.41, 5.74) is 0.647. The molecule has 7 rings (SSSR count). The van der Waals surface area contributed by atoms with Crippen molar-refractivity contribution in [1.82, 2.24) is 29.0 Å². The number of pyridine rings is 1. The van der Waals surface area contributed by atoms with Gasteiger partial charge in [0.05, 0.1) is 40.2 Å². The lowest BCUT2D eigenvalue weighted by atomic mass is 10.1. The van der Waals surface area contributed by atoms with Crippen molar-refractivity contribution in [1.29, 1.82) is 0 Å². The molecule has 19 heteroatoms. The fourth-order valence-electron chi connectivity index (χ4n) is 6.17. The van der Waals surface area contributed by atoms with E-state index in [0.29, 0.717) is 76.3 Å². The highest BCUT2D eigenvalue weighted by Crippen LogP contribution is 2.36. The number of carbonyl (C=O) groups excluding carboxylic acids is 2. The van der Waals surface area contributed by atoms with Crippen molar-refractivity contribution in [3.8, 4) is 5.75 Å². The molecule has 2 amide bonds. The van der Waals surface area contributed by atoms with Crippen LogP contribution in [0.5, 0.6) is 5.75 Å². The fourth-order valence-corrected chi connectivity index (χ4v) is 6.55. The van der Waals surface area contributed by atoms with E-state index in [-0.39, 0.29) is 44.6 Å². The van der Waals surface area contributed by atoms with Gasteiger partial charge in [-0.3, -0.25) is 14.4 Å². The van der Waals surface area contributed by atoms with Gasteiger partial charge in [0, 0.05) is 57.9 Å². The largest absolute Gasteiger partial charge is 0.504 e. The topological polar surface area (TPSA) is 150 Å². The van der Waals surface area contributed by atoms with Crippen LogP contribution in [0.3, 0.4) is 0 Å². The maximum atomic E-state index is 13.8. The number of anilines is 3. The summed E-state index contributed by atoms with van der Waals surface area (Å²) in [6.45, 7) is 11.2. The van der Waals surface area contributed by atoms with E-state index in [0.717, 1.165) is 36.9 Å². The number of halogens is 5. The van der Waals surface area contributed by atoms with Crippen molar-refractivity contribution in [2.45, 2.75) is 45.8 Å². The Morgan fingerprint density at radius 2 is 1.71 bits per heavy atom. The normalized spacial score (nSPS) is 17.2. The van der Waals surface area contributed by atoms with Gasteiger partial charge < -0.3 is 34.4 Å². The van der Waals surface area contributed by atoms with Gasteiger partial charge in [-0.25, -0.2) is 4.98 Å². The predicted octanol–water partition coefficient (Wildman–Crippen LogP) is 4.90. The molecule has 0 radical (unpaired) electrons. The van der Waals surface area contributed by atoms with Crippen LogP contribution in [0, 0.1) is 0 Å². The second kappa shape index (κ2) is 16.4. The number of nitrogens with zero attached hydrogens (tertiary/aromatic N) is 8. The lowest BCUT2D eigenvalue weighted by Crippen LogP contribution is -2.50. The summed E-state index contributed by atoms with van der Waals surface area (Å²) in [5, 5.41) is 16.9. The van der Waals surface area contributed by atoms with Gasteiger partial charge in [-0.2, -0.15) is 22.7 Å². The van der Waals surface area contributed by atoms with E-state index >= 15 is 0 Å². The van der Waals surface area contributed by atoms with Crippen LogP contribution >= 0.6 is 23.2 Å². The molecule has 280 valence electrons. The zero-order chi connectivity index (χ0) is 37.7. The zero-order valence-corrected chi connectivity index (χ0v) is 30.2. The molecule has 3 aromatic heterocycles. The minimum Gasteiger partial charge on any atom is -0.504 e. The zero-order valence-electron chi connectivity index (χ0n) is 28.7. The van der Waals surface area contributed by atoms with E-state index in [4.69, 9.17) is 32.9 Å². The van der Waals surface area contributed by atoms with E-state index in [2.05, 4.69) is 26.9 Å². The molecule has 0 aliphatic carbocycles. The third kappa shape index (κ3) is 7.90. The van der Waals surface area contributed by atoms with E-state index in [1.165, 1.54) is 16.8 Å². The van der Waals surface area contributed by atoms with Crippen molar-refractivity contribution in [3.63, 3.8) is 0 Å². The first kappa shape index (κ1) is 38.6. The molecule has 3 aliphatic rings. The average Bonchev–Trinajstić information content (AvgIpc) is 3.76. The van der Waals surface area contributed by atoms with Crippen molar-refractivity contribution < 1.29 is 32.6 Å². The molecule has 52 heavy (non-hydrogen) atoms. The van der Waals surface area contributed by atoms with E-state index in [1.54, 1.807) is 4.90 Å². The lowest BCUT2D eigenvalue weighted by molar-refractivity contribution is -0.137. The number of ether oxygens (including phenoxy) is 1. The second-order valence-electron chi connectivity index (χ2n) is 11.8. The Bertz CT molecular complexity index is 1980. The van der Waals surface area contributed by atoms with Gasteiger partial charge in [-0.15, -0.1) is 5.10 Å². The molecule has 1 aromatic carbocycles. The van der Waals surface area contributed by atoms with Crippen LogP contribution in [-0.4, -0.2) is 99.0 Å². The standard InChI is InChI=1S/C23H27ClN8O4.C8H5ClF3NO.C2H6/c1-14-3-5-31-17(14)18(21(35)32-23(31)26-22(27-32)30-10-12-36-13-11-30)28-6-8-29(9-7-28)20(34)16-19(33)15(24)2-4-25-16;9-6-3-5(8(10,11)12)1-2-7(6)13-4-14;1-2/h2,4,14,33H,3,5-13H2,1H3;1-4H,(H,13,14);1-2H3. The quantitative estimate of drug-likeness (QED) is 0.269. The summed E-state index contributed by atoms with van der Waals surface area (Å²) in [6.07, 6.45) is -1.77. The van der Waals surface area contributed by atoms with Crippen LogP contribution < -0.4 is 20.7 Å². The SMILES string of the molecule is CC.CC1CCn2c1c(N1CCN(C(=O)c3nccc(Cl)c3O)CC1)c(=O)n1nc(N3CCOCC3)nc21.O=CNc1ccc(C(F)(F)F)cc1Cl. The number of rotatable bonds is 5. The molecular weight excluding hydrogens is 730 g/mol. The Morgan fingerprint density at radius 3 is 2.35 bits per heavy atom. The number of aryl methyl sites for hydroxylation is 1. The molecule has 4 aromatic rings. The molecule has 0 spiro atoms. The van der Waals surface area contributed by atoms with Crippen LogP contribution in [0.1, 0.15) is 54.9 Å². The molecule has 14 nitrogen and oxygen atoms in total. The van der Waals surface area contributed by atoms with Crippen LogP contribution in [0.2, 0.25) is 10.0 Å². The molecule has 0 bridgehead atoms. The van der Waals surface area contributed by atoms with Crippen molar-refractivity contribution >= 4 is 58.6 Å². The summed E-state index contributed by atoms with van der Waals surface area (Å²) >= 11 is 11.4. The first-order valence-electron chi connectivity index (χ1n) is 16.7.